The van der Waals surface area contributed by atoms with Gasteiger partial charge in [0.05, 0.1) is 0 Å². The molecule has 0 aliphatic heterocycles. The van der Waals surface area contributed by atoms with Gasteiger partial charge in [0.1, 0.15) is 0 Å². The first-order valence-corrected chi connectivity index (χ1v) is 4.69. The fourth-order valence-corrected chi connectivity index (χ4v) is 0. The van der Waals surface area contributed by atoms with E-state index in [1.807, 2.05) is 0 Å². The molecule has 14 heavy (non-hydrogen) atoms. The van der Waals surface area contributed by atoms with Crippen LogP contribution in [0.1, 0.15) is 41.5 Å². The van der Waals surface area contributed by atoms with Crippen LogP contribution >= 0.6 is 0 Å². The van der Waals surface area contributed by atoms with Gasteiger partial charge in [-0.25, -0.2) is 0 Å². The Balaban J connectivity index is -0.0000000270. The van der Waals surface area contributed by atoms with Gasteiger partial charge >= 0.3 is 0 Å². The van der Waals surface area contributed by atoms with Gasteiger partial charge in [0.25, 0.3) is 0 Å². The molecule has 0 fully saturated rings. The molecule has 0 aliphatic carbocycles. The van der Waals surface area contributed by atoms with Gasteiger partial charge in [-0.15, -0.1) is 0 Å². The van der Waals surface area contributed by atoms with Gasteiger partial charge in [0.2, 0.25) is 0 Å². The van der Waals surface area contributed by atoms with Crippen LogP contribution in [0, 0.1) is 38.5 Å². The van der Waals surface area contributed by atoms with Gasteiger partial charge in [-0.2, -0.15) is 0 Å². The van der Waals surface area contributed by atoms with Crippen LogP contribution in [0.3, 0.4) is 0 Å². The van der Waals surface area contributed by atoms with E-state index in [9.17, 15) is 0 Å². The molecule has 0 aromatic heterocycles. The Bertz CT molecular complexity index is 38.8. The summed E-state index contributed by atoms with van der Waals surface area (Å²) in [5, 5.41) is 0. The number of hydrogen-bond donors (Lipinski definition) is 0. The number of rotatable bonds is 0. The van der Waals surface area contributed by atoms with E-state index in [-0.39, 0.29) is 32.0 Å². The molecule has 0 saturated heterocycles. The van der Waals surface area contributed by atoms with Crippen molar-refractivity contribution >= 4 is 27.3 Å². The molecule has 0 bridgehead atoms. The molecular weight excluding hydrogens is 370 g/mol. The van der Waals surface area contributed by atoms with Gasteiger partial charge in [-0.1, -0.05) is 62.3 Å². The van der Waals surface area contributed by atoms with E-state index in [0.29, 0.717) is 17.8 Å². The van der Waals surface area contributed by atoms with E-state index in [1.54, 1.807) is 0 Å². The van der Waals surface area contributed by atoms with Crippen LogP contribution in [0.25, 0.3) is 0 Å². The molecule has 0 amide bonds. The van der Waals surface area contributed by atoms with Crippen molar-refractivity contribution in [1.82, 2.24) is 0 Å². The Morgan fingerprint density at radius 2 is 0.571 bits per heavy atom. The van der Waals surface area contributed by atoms with Crippen molar-refractivity contribution in [1.29, 1.82) is 0 Å². The van der Waals surface area contributed by atoms with E-state index in [4.69, 9.17) is 0 Å². The van der Waals surface area contributed by atoms with E-state index in [1.165, 1.54) is 0 Å². The maximum atomic E-state index is 3.64. The second kappa shape index (κ2) is 23.6. The first-order valence-electron chi connectivity index (χ1n) is 4.69. The van der Waals surface area contributed by atoms with E-state index in [0.717, 1.165) is 0 Å². The predicted octanol–water partition coefficient (Wildman–Crippen LogP) is 1.05. The first kappa shape index (κ1) is 29.4. The third-order valence-electron chi connectivity index (χ3n) is 0. The minimum atomic E-state index is 0. The second-order valence-corrected chi connectivity index (χ2v) is 4.18. The minimum Gasteiger partial charge on any atom is -1.00 e. The molecule has 0 aliphatic rings. The van der Waals surface area contributed by atoms with Gasteiger partial charge in [-0.3, -0.25) is 0 Å². The zero-order valence-electron chi connectivity index (χ0n) is 10.7. The van der Waals surface area contributed by atoms with Crippen molar-refractivity contribution in [3.63, 3.8) is 0 Å². The van der Waals surface area contributed by atoms with Crippen LogP contribution < -0.4 is 4.70 Å². The minimum absolute atomic E-state index is 0. The molecule has 0 spiro atoms. The molecule has 2 heteroatoms. The van der Waals surface area contributed by atoms with Gasteiger partial charge in [-0.05, 0) is 17.8 Å². The van der Waals surface area contributed by atoms with Crippen molar-refractivity contribution in [2.24, 2.45) is 17.8 Å². The second-order valence-electron chi connectivity index (χ2n) is 4.18. The summed E-state index contributed by atoms with van der Waals surface area (Å²) in [6.07, 6.45) is 0. The quantitative estimate of drug-likeness (QED) is 0.536. The normalized spacial score (nSPS) is 7.71. The Morgan fingerprint density at radius 3 is 0.571 bits per heavy atom. The van der Waals surface area contributed by atoms with Crippen molar-refractivity contribution in [2.45, 2.75) is 41.5 Å². The predicted molar refractivity (Wildman–Crippen MR) is 66.3 cm³/mol. The Labute approximate surface area is 112 Å². The topological polar surface area (TPSA) is 0 Å². The molecule has 0 unspecified atom stereocenters. The summed E-state index contributed by atoms with van der Waals surface area (Å²) < 4.78 is 0. The molecule has 0 aromatic carbocycles. The third kappa shape index (κ3) is 2490. The van der Waals surface area contributed by atoms with Gasteiger partial charge in [0, 0.05) is 27.3 Å². The zero-order chi connectivity index (χ0) is 10.7. The van der Waals surface area contributed by atoms with Crippen LogP contribution in [0.4, 0.5) is 0 Å². The van der Waals surface area contributed by atoms with Crippen LogP contribution in [0.5, 0.6) is 0 Å². The molecule has 87 valence electrons. The third-order valence-corrected chi connectivity index (χ3v) is 0. The van der Waals surface area contributed by atoms with Crippen molar-refractivity contribution < 1.29 is 4.70 Å². The first-order chi connectivity index (χ1) is 5.20. The largest absolute Gasteiger partial charge is 1.00 e. The van der Waals surface area contributed by atoms with E-state index in [2.05, 4.69) is 62.3 Å². The Hall–Kier alpha value is 0.852. The maximum absolute atomic E-state index is 3.64. The molecule has 7 radical (unpaired) electrons. The summed E-state index contributed by atoms with van der Waals surface area (Å²) in [4.78, 5) is 0. The average Bonchev–Trinajstić information content (AvgIpc) is 1.54. The Morgan fingerprint density at radius 1 is 0.571 bits per heavy atom. The van der Waals surface area contributed by atoms with Crippen molar-refractivity contribution in [3.05, 3.63) is 20.8 Å². The monoisotopic (exact) mass is 398 g/mol. The molecule has 0 saturated carbocycles. The molecule has 0 nitrogen and oxygen atoms in total. The molecule has 0 rings (SSSR count). The SMILES string of the molecule is [CH2]C(C)C.[CH2]C(C)C.[CH2]C(C)C.[F-].[Pb]. The van der Waals surface area contributed by atoms with Crippen LogP contribution in [0.2, 0.25) is 0 Å². The van der Waals surface area contributed by atoms with E-state index >= 15 is 0 Å². The fraction of sp³-hybridized carbons (Fsp3) is 0.750. The molecule has 0 heterocycles. The Kier molecular flexibility index (Phi) is 49.4. The summed E-state index contributed by atoms with van der Waals surface area (Å²) >= 11 is 0. The van der Waals surface area contributed by atoms with Crippen LogP contribution in [-0.4, -0.2) is 27.3 Å². The van der Waals surface area contributed by atoms with Crippen molar-refractivity contribution in [2.75, 3.05) is 0 Å². The molecule has 0 aromatic rings. The smallest absolute Gasteiger partial charge is 0 e. The standard InChI is InChI=1S/3C4H9.FH.Pb/c3*1-4(2)3;;/h3*4H,1H2,2-3H3;1H;/p-1. The van der Waals surface area contributed by atoms with Gasteiger partial charge in [0.15, 0.2) is 0 Å². The number of hydrogen-bond acceptors (Lipinski definition) is 0. The van der Waals surface area contributed by atoms with Crippen LogP contribution in [-0.2, 0) is 0 Å². The van der Waals surface area contributed by atoms with E-state index < -0.39 is 0 Å². The molecule has 0 N–H and O–H groups in total. The summed E-state index contributed by atoms with van der Waals surface area (Å²) in [5.74, 6) is 1.75. The average molecular weight is 398 g/mol. The summed E-state index contributed by atoms with van der Waals surface area (Å²) in [6.45, 7) is 23.2. The number of halogens is 1. The van der Waals surface area contributed by atoms with Crippen molar-refractivity contribution in [3.8, 4) is 0 Å². The zero-order valence-corrected chi connectivity index (χ0v) is 14.6. The summed E-state index contributed by atoms with van der Waals surface area (Å²) in [6, 6.07) is 0. The fourth-order valence-electron chi connectivity index (χ4n) is 0. The van der Waals surface area contributed by atoms with Crippen LogP contribution in [0.15, 0.2) is 0 Å². The maximum Gasteiger partial charge on any atom is 0 e. The molecular formula is C12H27FPb-. The summed E-state index contributed by atoms with van der Waals surface area (Å²) in [5.41, 5.74) is 0. The van der Waals surface area contributed by atoms with Gasteiger partial charge < -0.3 is 4.70 Å². The molecule has 0 atom stereocenters. The summed E-state index contributed by atoms with van der Waals surface area (Å²) in [7, 11) is 0.